The van der Waals surface area contributed by atoms with Crippen LogP contribution in [-0.4, -0.2) is 32.8 Å². The average Bonchev–Trinajstić information content (AvgIpc) is 2.90. The van der Waals surface area contributed by atoms with Gasteiger partial charge in [0.05, 0.1) is 12.2 Å². The molecule has 2 rings (SSSR count). The fourth-order valence-corrected chi connectivity index (χ4v) is 1.65. The molecule has 0 aliphatic carbocycles. The Balaban J connectivity index is 2.00. The molecule has 102 valence electrons. The number of carbonyl (C=O) groups excluding carboxylic acids is 1. The third-order valence-corrected chi connectivity index (χ3v) is 2.70. The maximum Gasteiger partial charge on any atom is 0.338 e. The molecule has 0 spiro atoms. The first-order valence-corrected chi connectivity index (χ1v) is 6.15. The summed E-state index contributed by atoms with van der Waals surface area (Å²) in [4.78, 5) is 11.8. The van der Waals surface area contributed by atoms with Crippen molar-refractivity contribution in [2.45, 2.75) is 12.8 Å². The summed E-state index contributed by atoms with van der Waals surface area (Å²) in [5.74, 6) is 2.78. The summed E-state index contributed by atoms with van der Waals surface area (Å²) < 4.78 is 6.67. The lowest BCUT2D eigenvalue weighted by molar-refractivity contribution is 0.0502. The molecule has 20 heavy (non-hydrogen) atoms. The van der Waals surface area contributed by atoms with Crippen molar-refractivity contribution < 1.29 is 9.53 Å². The lowest BCUT2D eigenvalue weighted by atomic mass is 10.1. The smallest absolute Gasteiger partial charge is 0.338 e. The molecule has 0 aliphatic heterocycles. The normalized spacial score (nSPS) is 10.0. The minimum absolute atomic E-state index is 0.331. The molecule has 0 saturated carbocycles. The second-order valence-electron chi connectivity index (χ2n) is 4.15. The van der Waals surface area contributed by atoms with Gasteiger partial charge in [-0.2, -0.15) is 0 Å². The van der Waals surface area contributed by atoms with Crippen molar-refractivity contribution in [3.05, 3.63) is 29.8 Å². The molecule has 1 heterocycles. The number of ether oxygens (including phenoxy) is 1. The fraction of sp³-hybridized carbons (Fsp3) is 0.286. The van der Waals surface area contributed by atoms with Gasteiger partial charge >= 0.3 is 5.97 Å². The number of rotatable bonds is 5. The lowest BCUT2D eigenvalue weighted by Gasteiger charge is -2.04. The number of esters is 1. The SMILES string of the molecule is C#CCCCOC(=O)c1ccc(-c2nnnn2C)cc1. The fourth-order valence-electron chi connectivity index (χ4n) is 1.65. The minimum Gasteiger partial charge on any atom is -0.462 e. The molecular formula is C14H14N4O2. The molecule has 0 amide bonds. The van der Waals surface area contributed by atoms with Gasteiger partial charge in [-0.3, -0.25) is 0 Å². The van der Waals surface area contributed by atoms with Gasteiger partial charge in [-0.1, -0.05) is 12.1 Å². The monoisotopic (exact) mass is 270 g/mol. The van der Waals surface area contributed by atoms with E-state index in [-0.39, 0.29) is 5.97 Å². The van der Waals surface area contributed by atoms with Crippen LogP contribution in [0.5, 0.6) is 0 Å². The molecule has 6 heteroatoms. The maximum atomic E-state index is 11.8. The molecule has 1 aromatic carbocycles. The van der Waals surface area contributed by atoms with Gasteiger partial charge in [0.1, 0.15) is 0 Å². The number of unbranched alkanes of at least 4 members (excludes halogenated alkanes) is 1. The molecule has 6 nitrogen and oxygen atoms in total. The number of aryl methyl sites for hydroxylation is 1. The summed E-state index contributed by atoms with van der Waals surface area (Å²) in [5.41, 5.74) is 1.32. The van der Waals surface area contributed by atoms with Gasteiger partial charge in [-0.15, -0.1) is 17.4 Å². The predicted octanol–water partition coefficient (Wildman–Crippen LogP) is 1.45. The zero-order valence-electron chi connectivity index (χ0n) is 11.1. The van der Waals surface area contributed by atoms with Crippen LogP contribution in [0.3, 0.4) is 0 Å². The number of terminal acetylenes is 1. The van der Waals surface area contributed by atoms with Crippen molar-refractivity contribution in [2.24, 2.45) is 7.05 Å². The van der Waals surface area contributed by atoms with E-state index in [1.807, 2.05) is 0 Å². The second-order valence-corrected chi connectivity index (χ2v) is 4.15. The van der Waals surface area contributed by atoms with Crippen molar-refractivity contribution in [2.75, 3.05) is 6.61 Å². The Morgan fingerprint density at radius 3 is 2.75 bits per heavy atom. The Morgan fingerprint density at radius 2 is 2.15 bits per heavy atom. The summed E-state index contributed by atoms with van der Waals surface area (Å²) >= 11 is 0. The first kappa shape index (κ1) is 13.7. The van der Waals surface area contributed by atoms with E-state index >= 15 is 0 Å². The maximum absolute atomic E-state index is 11.8. The van der Waals surface area contributed by atoms with Gasteiger partial charge in [0.15, 0.2) is 5.82 Å². The molecular weight excluding hydrogens is 256 g/mol. The molecule has 0 unspecified atom stereocenters. The quantitative estimate of drug-likeness (QED) is 0.467. The number of aromatic nitrogens is 4. The third kappa shape index (κ3) is 3.20. The van der Waals surface area contributed by atoms with Gasteiger partial charge in [0, 0.05) is 19.0 Å². The van der Waals surface area contributed by atoms with E-state index in [0.717, 1.165) is 5.56 Å². The standard InChI is InChI=1S/C14H14N4O2/c1-3-4-5-10-20-14(19)12-8-6-11(7-9-12)13-15-16-17-18(13)2/h1,6-9H,4-5,10H2,2H3. The number of nitrogens with zero attached hydrogens (tertiary/aromatic N) is 4. The summed E-state index contributed by atoms with van der Waals surface area (Å²) in [6, 6.07) is 6.94. The van der Waals surface area contributed by atoms with Crippen molar-refractivity contribution in [3.63, 3.8) is 0 Å². The molecule has 0 bridgehead atoms. The zero-order chi connectivity index (χ0) is 14.4. The number of carbonyl (C=O) groups is 1. The van der Waals surface area contributed by atoms with E-state index in [1.165, 1.54) is 0 Å². The molecule has 2 aromatic rings. The van der Waals surface area contributed by atoms with Crippen LogP contribution >= 0.6 is 0 Å². The van der Waals surface area contributed by atoms with Crippen LogP contribution in [0.4, 0.5) is 0 Å². The van der Waals surface area contributed by atoms with Gasteiger partial charge in [0.2, 0.25) is 0 Å². The lowest BCUT2D eigenvalue weighted by Crippen LogP contribution is -2.06. The summed E-state index contributed by atoms with van der Waals surface area (Å²) in [5, 5.41) is 11.2. The molecule has 1 aromatic heterocycles. The largest absolute Gasteiger partial charge is 0.462 e. The van der Waals surface area contributed by atoms with Gasteiger partial charge < -0.3 is 4.74 Å². The Kier molecular flexibility index (Phi) is 4.45. The van der Waals surface area contributed by atoms with Crippen molar-refractivity contribution in [3.8, 4) is 23.7 Å². The Labute approximate surface area is 116 Å². The zero-order valence-corrected chi connectivity index (χ0v) is 11.1. The van der Waals surface area contributed by atoms with Crippen LogP contribution in [0.2, 0.25) is 0 Å². The first-order valence-electron chi connectivity index (χ1n) is 6.15. The summed E-state index contributed by atoms with van der Waals surface area (Å²) in [7, 11) is 1.75. The van der Waals surface area contributed by atoms with Gasteiger partial charge in [0.25, 0.3) is 0 Å². The number of hydrogen-bond acceptors (Lipinski definition) is 5. The molecule has 0 saturated heterocycles. The highest BCUT2D eigenvalue weighted by Crippen LogP contribution is 2.16. The Morgan fingerprint density at radius 1 is 1.40 bits per heavy atom. The van der Waals surface area contributed by atoms with Crippen molar-refractivity contribution in [1.82, 2.24) is 20.2 Å². The highest BCUT2D eigenvalue weighted by molar-refractivity contribution is 5.89. The van der Waals surface area contributed by atoms with Crippen LogP contribution in [0.25, 0.3) is 11.4 Å². The van der Waals surface area contributed by atoms with Gasteiger partial charge in [-0.05, 0) is 29.0 Å². The highest BCUT2D eigenvalue weighted by atomic mass is 16.5. The van der Waals surface area contributed by atoms with Crippen LogP contribution < -0.4 is 0 Å². The van der Waals surface area contributed by atoms with Crippen LogP contribution in [0, 0.1) is 12.3 Å². The summed E-state index contributed by atoms with van der Waals surface area (Å²) in [6.45, 7) is 0.331. The van der Waals surface area contributed by atoms with Gasteiger partial charge in [-0.25, -0.2) is 9.48 Å². The van der Waals surface area contributed by atoms with E-state index in [4.69, 9.17) is 11.2 Å². The van der Waals surface area contributed by atoms with Crippen LogP contribution in [0.1, 0.15) is 23.2 Å². The molecule has 0 aliphatic rings. The topological polar surface area (TPSA) is 69.9 Å². The number of hydrogen-bond donors (Lipinski definition) is 0. The molecule has 0 radical (unpaired) electrons. The Hall–Kier alpha value is -2.68. The van der Waals surface area contributed by atoms with Crippen LogP contribution in [0.15, 0.2) is 24.3 Å². The van der Waals surface area contributed by atoms with E-state index < -0.39 is 0 Å². The number of benzene rings is 1. The average molecular weight is 270 g/mol. The second kappa shape index (κ2) is 6.48. The Bertz CT molecular complexity index is 625. The first-order chi connectivity index (χ1) is 9.72. The van der Waals surface area contributed by atoms with E-state index in [2.05, 4.69) is 21.4 Å². The summed E-state index contributed by atoms with van der Waals surface area (Å²) in [6.07, 6.45) is 6.40. The number of tetrazole rings is 1. The minimum atomic E-state index is -0.357. The van der Waals surface area contributed by atoms with Crippen molar-refractivity contribution >= 4 is 5.97 Å². The van der Waals surface area contributed by atoms with E-state index in [9.17, 15) is 4.79 Å². The molecule has 0 N–H and O–H groups in total. The van der Waals surface area contributed by atoms with Crippen LogP contribution in [-0.2, 0) is 11.8 Å². The third-order valence-electron chi connectivity index (χ3n) is 2.70. The molecule has 0 fully saturated rings. The predicted molar refractivity (Wildman–Crippen MR) is 72.6 cm³/mol. The van der Waals surface area contributed by atoms with Crippen molar-refractivity contribution in [1.29, 1.82) is 0 Å². The highest BCUT2D eigenvalue weighted by Gasteiger charge is 2.09. The molecule has 0 atom stereocenters. The van der Waals surface area contributed by atoms with E-state index in [0.29, 0.717) is 30.8 Å². The van der Waals surface area contributed by atoms with E-state index in [1.54, 1.807) is 36.0 Å².